The van der Waals surface area contributed by atoms with Gasteiger partial charge in [0.1, 0.15) is 0 Å². The summed E-state index contributed by atoms with van der Waals surface area (Å²) in [5.74, 6) is 0.0210. The first kappa shape index (κ1) is 16.7. The average Bonchev–Trinajstić information content (AvgIpc) is 2.78. The van der Waals surface area contributed by atoms with E-state index in [2.05, 4.69) is 5.32 Å². The summed E-state index contributed by atoms with van der Waals surface area (Å²) in [6.07, 6.45) is -0.705. The second-order valence-electron chi connectivity index (χ2n) is 6.80. The van der Waals surface area contributed by atoms with Crippen LogP contribution in [0.3, 0.4) is 0 Å². The van der Waals surface area contributed by atoms with E-state index in [-0.39, 0.29) is 5.91 Å². The van der Waals surface area contributed by atoms with E-state index in [4.69, 9.17) is 0 Å². The summed E-state index contributed by atoms with van der Waals surface area (Å²) in [5.41, 5.74) is 2.23. The van der Waals surface area contributed by atoms with E-state index in [1.54, 1.807) is 11.9 Å². The molecule has 0 unspecified atom stereocenters. The standard InChI is InChI=1S/C20H24N2O2/c1-20(2)15-11-7-8-12-16(15)22(19(20)24)18(17(23)13-21-3)14-9-5-4-6-10-14/h4-12,17-18,21,23H,13H2,1-3H3/t17-,18-/m0/s1. The summed E-state index contributed by atoms with van der Waals surface area (Å²) in [6, 6.07) is 17.2. The molecule has 24 heavy (non-hydrogen) atoms. The molecule has 0 aromatic heterocycles. The summed E-state index contributed by atoms with van der Waals surface area (Å²) in [7, 11) is 1.80. The Hall–Kier alpha value is -2.17. The predicted molar refractivity (Wildman–Crippen MR) is 96.1 cm³/mol. The molecule has 0 saturated heterocycles. The van der Waals surface area contributed by atoms with Gasteiger partial charge >= 0.3 is 0 Å². The summed E-state index contributed by atoms with van der Waals surface area (Å²) in [6.45, 7) is 4.30. The molecule has 4 heteroatoms. The van der Waals surface area contributed by atoms with E-state index >= 15 is 0 Å². The Morgan fingerprint density at radius 3 is 2.38 bits per heavy atom. The fourth-order valence-electron chi connectivity index (χ4n) is 3.53. The van der Waals surface area contributed by atoms with Gasteiger partial charge in [-0.1, -0.05) is 48.5 Å². The van der Waals surface area contributed by atoms with Crippen LogP contribution in [-0.4, -0.2) is 30.7 Å². The van der Waals surface area contributed by atoms with E-state index in [9.17, 15) is 9.90 Å². The predicted octanol–water partition coefficient (Wildman–Crippen LogP) is 2.63. The smallest absolute Gasteiger partial charge is 0.237 e. The number of likely N-dealkylation sites (N-methyl/N-ethyl adjacent to an activating group) is 1. The highest BCUT2D eigenvalue weighted by molar-refractivity contribution is 6.08. The van der Waals surface area contributed by atoms with Crippen molar-refractivity contribution in [3.05, 3.63) is 65.7 Å². The van der Waals surface area contributed by atoms with Crippen LogP contribution in [0.4, 0.5) is 5.69 Å². The maximum atomic E-state index is 13.2. The van der Waals surface area contributed by atoms with Crippen LogP contribution in [0.5, 0.6) is 0 Å². The molecular formula is C20H24N2O2. The third-order valence-corrected chi connectivity index (χ3v) is 4.79. The zero-order valence-electron chi connectivity index (χ0n) is 14.4. The molecule has 0 spiro atoms. The van der Waals surface area contributed by atoms with Gasteiger partial charge in [0.15, 0.2) is 0 Å². The second-order valence-corrected chi connectivity index (χ2v) is 6.80. The molecule has 3 rings (SSSR count). The highest BCUT2D eigenvalue weighted by atomic mass is 16.3. The molecule has 126 valence electrons. The normalized spacial score (nSPS) is 18.3. The summed E-state index contributed by atoms with van der Waals surface area (Å²) in [4.78, 5) is 15.0. The van der Waals surface area contributed by atoms with E-state index in [0.717, 1.165) is 16.8 Å². The minimum Gasteiger partial charge on any atom is -0.389 e. The molecule has 1 heterocycles. The van der Waals surface area contributed by atoms with Crippen LogP contribution in [0.2, 0.25) is 0 Å². The van der Waals surface area contributed by atoms with Crippen molar-refractivity contribution in [2.24, 2.45) is 0 Å². The largest absolute Gasteiger partial charge is 0.389 e. The highest BCUT2D eigenvalue weighted by Gasteiger charge is 2.47. The Balaban J connectivity index is 2.13. The van der Waals surface area contributed by atoms with Crippen LogP contribution in [0.1, 0.15) is 31.0 Å². The first-order valence-electron chi connectivity index (χ1n) is 8.29. The molecule has 0 saturated carbocycles. The quantitative estimate of drug-likeness (QED) is 0.889. The van der Waals surface area contributed by atoms with Gasteiger partial charge in [-0.3, -0.25) is 4.79 Å². The molecule has 1 aliphatic heterocycles. The first-order valence-corrected chi connectivity index (χ1v) is 8.29. The number of aliphatic hydroxyl groups excluding tert-OH is 1. The van der Waals surface area contributed by atoms with Crippen molar-refractivity contribution >= 4 is 11.6 Å². The van der Waals surface area contributed by atoms with Gasteiger partial charge in [0.05, 0.1) is 17.6 Å². The molecule has 1 amide bonds. The van der Waals surface area contributed by atoms with Crippen LogP contribution in [-0.2, 0) is 10.2 Å². The molecule has 1 aliphatic rings. The number of benzene rings is 2. The zero-order valence-corrected chi connectivity index (χ0v) is 14.4. The van der Waals surface area contributed by atoms with E-state index < -0.39 is 17.6 Å². The van der Waals surface area contributed by atoms with Crippen molar-refractivity contribution in [2.75, 3.05) is 18.5 Å². The van der Waals surface area contributed by atoms with Crippen molar-refractivity contribution < 1.29 is 9.90 Å². The van der Waals surface area contributed by atoms with Crippen LogP contribution in [0, 0.1) is 0 Å². The Morgan fingerprint density at radius 1 is 1.08 bits per heavy atom. The monoisotopic (exact) mass is 324 g/mol. The van der Waals surface area contributed by atoms with Gasteiger partial charge in [0.25, 0.3) is 0 Å². The number of carbonyl (C=O) groups excluding carboxylic acids is 1. The topological polar surface area (TPSA) is 52.6 Å². The van der Waals surface area contributed by atoms with Gasteiger partial charge in [-0.05, 0) is 38.1 Å². The number of carbonyl (C=O) groups is 1. The summed E-state index contributed by atoms with van der Waals surface area (Å²) >= 11 is 0. The van der Waals surface area contributed by atoms with Gasteiger partial charge in [-0.15, -0.1) is 0 Å². The SMILES string of the molecule is CNC[C@H](O)[C@H](c1ccccc1)N1C(=O)C(C)(C)c2ccccc21. The van der Waals surface area contributed by atoms with Crippen molar-refractivity contribution in [1.82, 2.24) is 5.32 Å². The number of hydrogen-bond donors (Lipinski definition) is 2. The van der Waals surface area contributed by atoms with Crippen molar-refractivity contribution in [2.45, 2.75) is 31.4 Å². The molecule has 0 fully saturated rings. The number of para-hydroxylation sites is 1. The van der Waals surface area contributed by atoms with Gasteiger partial charge in [-0.25, -0.2) is 0 Å². The van der Waals surface area contributed by atoms with E-state index in [1.165, 1.54) is 0 Å². The van der Waals surface area contributed by atoms with Crippen molar-refractivity contribution in [3.63, 3.8) is 0 Å². The number of nitrogens with one attached hydrogen (secondary N) is 1. The zero-order chi connectivity index (χ0) is 17.3. The molecule has 2 N–H and O–H groups in total. The van der Waals surface area contributed by atoms with Gasteiger partial charge in [0, 0.05) is 12.2 Å². The molecule has 0 radical (unpaired) electrons. The number of rotatable bonds is 5. The van der Waals surface area contributed by atoms with Crippen LogP contribution < -0.4 is 10.2 Å². The maximum absolute atomic E-state index is 13.2. The van der Waals surface area contributed by atoms with E-state index in [0.29, 0.717) is 6.54 Å². The average molecular weight is 324 g/mol. The molecule has 2 aromatic rings. The number of aliphatic hydroxyl groups is 1. The van der Waals surface area contributed by atoms with E-state index in [1.807, 2.05) is 68.4 Å². The van der Waals surface area contributed by atoms with Crippen LogP contribution >= 0.6 is 0 Å². The third-order valence-electron chi connectivity index (χ3n) is 4.79. The Labute approximate surface area is 143 Å². The molecule has 0 bridgehead atoms. The Kier molecular flexibility index (Phi) is 4.43. The lowest BCUT2D eigenvalue weighted by Gasteiger charge is -2.33. The van der Waals surface area contributed by atoms with Gasteiger partial charge in [-0.2, -0.15) is 0 Å². The minimum absolute atomic E-state index is 0.0210. The first-order chi connectivity index (χ1) is 11.5. The van der Waals surface area contributed by atoms with Crippen LogP contribution in [0.15, 0.2) is 54.6 Å². The lowest BCUT2D eigenvalue weighted by molar-refractivity contribution is -0.123. The lowest BCUT2D eigenvalue weighted by Crippen LogP contribution is -2.45. The highest BCUT2D eigenvalue weighted by Crippen LogP contribution is 2.45. The second kappa shape index (κ2) is 6.38. The third kappa shape index (κ3) is 2.62. The van der Waals surface area contributed by atoms with Gasteiger partial charge < -0.3 is 15.3 Å². The summed E-state index contributed by atoms with van der Waals surface area (Å²) in [5, 5.41) is 13.8. The van der Waals surface area contributed by atoms with Gasteiger partial charge in [0.2, 0.25) is 5.91 Å². The number of hydrogen-bond acceptors (Lipinski definition) is 3. The summed E-state index contributed by atoms with van der Waals surface area (Å²) < 4.78 is 0. The number of nitrogens with zero attached hydrogens (tertiary/aromatic N) is 1. The molecule has 2 atom stereocenters. The lowest BCUT2D eigenvalue weighted by atomic mass is 9.86. The molecular weight excluding hydrogens is 300 g/mol. The number of fused-ring (bicyclic) bond motifs is 1. The Morgan fingerprint density at radius 2 is 1.71 bits per heavy atom. The Bertz CT molecular complexity index is 727. The fourth-order valence-corrected chi connectivity index (χ4v) is 3.53. The van der Waals surface area contributed by atoms with Crippen molar-refractivity contribution in [1.29, 1.82) is 0 Å². The molecule has 4 nitrogen and oxygen atoms in total. The fraction of sp³-hybridized carbons (Fsp3) is 0.350. The van der Waals surface area contributed by atoms with Crippen LogP contribution in [0.25, 0.3) is 0 Å². The molecule has 2 aromatic carbocycles. The minimum atomic E-state index is -0.705. The number of anilines is 1. The number of amides is 1. The van der Waals surface area contributed by atoms with Crippen molar-refractivity contribution in [3.8, 4) is 0 Å². The molecule has 0 aliphatic carbocycles. The maximum Gasteiger partial charge on any atom is 0.237 e.